The summed E-state index contributed by atoms with van der Waals surface area (Å²) in [6, 6.07) is 4.26. The van der Waals surface area contributed by atoms with Crippen LogP contribution in [0.4, 0.5) is 10.1 Å². The molecule has 0 aromatic heterocycles. The highest BCUT2D eigenvalue weighted by Crippen LogP contribution is 2.36. The zero-order chi connectivity index (χ0) is 17.7. The fraction of sp³-hybridized carbons (Fsp3) is 0.375. The monoisotopic (exact) mass is 339 g/mol. The number of hydrogen-bond donors (Lipinski definition) is 0. The summed E-state index contributed by atoms with van der Waals surface area (Å²) in [4.78, 5) is 25.4. The van der Waals surface area contributed by atoms with E-state index in [4.69, 9.17) is 14.2 Å². The zero-order valence-electron chi connectivity index (χ0n) is 13.6. The van der Waals surface area contributed by atoms with Crippen LogP contribution in [0.2, 0.25) is 0 Å². The molecule has 1 aromatic carbocycles. The summed E-state index contributed by atoms with van der Waals surface area (Å²) in [5.41, 5.74) is -0.205. The Kier molecular flexibility index (Phi) is 5.75. The molecule has 0 saturated heterocycles. The van der Waals surface area contributed by atoms with Crippen LogP contribution in [0.5, 0.6) is 5.75 Å². The third-order valence-electron chi connectivity index (χ3n) is 3.35. The second kappa shape index (κ2) is 7.78. The number of rotatable bonds is 5. The van der Waals surface area contributed by atoms with Crippen molar-refractivity contribution >= 4 is 17.6 Å². The summed E-state index contributed by atoms with van der Waals surface area (Å²) in [5, 5.41) is 0. The molecule has 8 heteroatoms. The maximum atomic E-state index is 14.4. The molecule has 0 radical (unpaired) electrons. The highest BCUT2D eigenvalue weighted by molar-refractivity contribution is 6.03. The number of methoxy groups -OCH3 is 2. The van der Waals surface area contributed by atoms with Crippen LogP contribution in [-0.2, 0) is 23.8 Å². The van der Waals surface area contributed by atoms with Crippen LogP contribution in [-0.4, -0.2) is 46.1 Å². The van der Waals surface area contributed by atoms with Gasteiger partial charge in [0.15, 0.2) is 5.82 Å². The van der Waals surface area contributed by atoms with E-state index >= 15 is 0 Å². The topological polar surface area (TPSA) is 74.3 Å². The molecule has 24 heavy (non-hydrogen) atoms. The molecule has 0 unspecified atom stereocenters. The lowest BCUT2D eigenvalue weighted by molar-refractivity contribution is -0.140. The molecular weight excluding hydrogens is 321 g/mol. The molecule has 0 N–H and O–H groups in total. The first kappa shape index (κ1) is 17.7. The largest absolute Gasteiger partial charge is 0.492 e. The van der Waals surface area contributed by atoms with Crippen molar-refractivity contribution in [2.75, 3.05) is 39.1 Å². The first-order valence-corrected chi connectivity index (χ1v) is 7.21. The van der Waals surface area contributed by atoms with Crippen molar-refractivity contribution in [2.45, 2.75) is 6.92 Å². The first-order chi connectivity index (χ1) is 11.5. The molecule has 1 heterocycles. The van der Waals surface area contributed by atoms with Crippen molar-refractivity contribution in [3.05, 3.63) is 35.3 Å². The van der Waals surface area contributed by atoms with Crippen LogP contribution in [0, 0.1) is 5.82 Å². The van der Waals surface area contributed by atoms with E-state index in [-0.39, 0.29) is 36.0 Å². The van der Waals surface area contributed by atoms with Crippen LogP contribution < -0.4 is 9.64 Å². The Balaban J connectivity index is 2.64. The summed E-state index contributed by atoms with van der Waals surface area (Å²) < 4.78 is 34.6. The summed E-state index contributed by atoms with van der Waals surface area (Å²) in [5.74, 6) is -1.97. The SMILES string of the molecule is CCOc1cccc(F)c1N1COCC(C(=O)OC)=C1C(=O)OC. The highest BCUT2D eigenvalue weighted by Gasteiger charge is 2.34. The van der Waals surface area contributed by atoms with Gasteiger partial charge in [0.2, 0.25) is 0 Å². The van der Waals surface area contributed by atoms with E-state index in [2.05, 4.69) is 4.74 Å². The van der Waals surface area contributed by atoms with Gasteiger partial charge in [-0.1, -0.05) is 6.07 Å². The molecule has 2 rings (SSSR count). The van der Waals surface area contributed by atoms with E-state index in [9.17, 15) is 14.0 Å². The van der Waals surface area contributed by atoms with E-state index in [1.165, 1.54) is 31.3 Å². The molecule has 1 aromatic rings. The van der Waals surface area contributed by atoms with Gasteiger partial charge in [-0.25, -0.2) is 14.0 Å². The Morgan fingerprint density at radius 2 is 1.96 bits per heavy atom. The van der Waals surface area contributed by atoms with Crippen molar-refractivity contribution < 1.29 is 32.9 Å². The number of nitrogens with zero attached hydrogens (tertiary/aromatic N) is 1. The quantitative estimate of drug-likeness (QED) is 0.755. The maximum absolute atomic E-state index is 14.4. The van der Waals surface area contributed by atoms with Gasteiger partial charge in [0.25, 0.3) is 0 Å². The number of carbonyl (C=O) groups is 2. The zero-order valence-corrected chi connectivity index (χ0v) is 13.6. The summed E-state index contributed by atoms with van der Waals surface area (Å²) in [6.07, 6.45) is 0. The van der Waals surface area contributed by atoms with Crippen LogP contribution in [0.3, 0.4) is 0 Å². The molecule has 0 bridgehead atoms. The number of esters is 2. The number of para-hydroxylation sites is 1. The van der Waals surface area contributed by atoms with Crippen LogP contribution in [0.15, 0.2) is 29.5 Å². The Hall–Kier alpha value is -2.61. The number of anilines is 1. The molecule has 130 valence electrons. The van der Waals surface area contributed by atoms with Gasteiger partial charge in [-0.2, -0.15) is 0 Å². The first-order valence-electron chi connectivity index (χ1n) is 7.21. The Bertz CT molecular complexity index is 673. The molecule has 7 nitrogen and oxygen atoms in total. The molecule has 0 spiro atoms. The molecule has 0 fully saturated rings. The predicted octanol–water partition coefficient (Wildman–Crippen LogP) is 1.62. The molecule has 0 saturated carbocycles. The van der Waals surface area contributed by atoms with Crippen molar-refractivity contribution in [3.63, 3.8) is 0 Å². The van der Waals surface area contributed by atoms with Crippen LogP contribution in [0.1, 0.15) is 6.92 Å². The van der Waals surface area contributed by atoms with E-state index in [0.717, 1.165) is 0 Å². The van der Waals surface area contributed by atoms with E-state index < -0.39 is 17.8 Å². The maximum Gasteiger partial charge on any atom is 0.355 e. The lowest BCUT2D eigenvalue weighted by Gasteiger charge is -2.32. The summed E-state index contributed by atoms with van der Waals surface area (Å²) >= 11 is 0. The second-order valence-electron chi connectivity index (χ2n) is 4.74. The Morgan fingerprint density at radius 1 is 1.25 bits per heavy atom. The number of ether oxygens (including phenoxy) is 4. The van der Waals surface area contributed by atoms with Gasteiger partial charge in [0.1, 0.15) is 23.9 Å². The van der Waals surface area contributed by atoms with Crippen molar-refractivity contribution in [1.82, 2.24) is 0 Å². The van der Waals surface area contributed by atoms with Crippen LogP contribution in [0.25, 0.3) is 0 Å². The Morgan fingerprint density at radius 3 is 2.58 bits per heavy atom. The standard InChI is InChI=1S/C16H18FNO6/c1-4-24-12-7-5-6-11(17)14(12)18-9-23-8-10(15(19)21-2)13(18)16(20)22-3/h5-7H,4,8-9H2,1-3H3. The van der Waals surface area contributed by atoms with Gasteiger partial charge in [0.05, 0.1) is 33.0 Å². The third kappa shape index (κ3) is 3.33. The fourth-order valence-corrected chi connectivity index (χ4v) is 2.35. The second-order valence-corrected chi connectivity index (χ2v) is 4.74. The average Bonchev–Trinajstić information content (AvgIpc) is 2.60. The van der Waals surface area contributed by atoms with Gasteiger partial charge in [-0.3, -0.25) is 0 Å². The lowest BCUT2D eigenvalue weighted by atomic mass is 10.1. The minimum Gasteiger partial charge on any atom is -0.492 e. The number of halogens is 1. The summed E-state index contributed by atoms with van der Waals surface area (Å²) in [7, 11) is 2.35. The number of carbonyl (C=O) groups excluding carboxylic acids is 2. The minimum atomic E-state index is -0.801. The van der Waals surface area contributed by atoms with Gasteiger partial charge in [0, 0.05) is 0 Å². The highest BCUT2D eigenvalue weighted by atomic mass is 19.1. The summed E-state index contributed by atoms with van der Waals surface area (Å²) in [6.45, 7) is 1.75. The predicted molar refractivity (Wildman–Crippen MR) is 81.9 cm³/mol. The average molecular weight is 339 g/mol. The normalized spacial score (nSPS) is 14.4. The molecule has 0 amide bonds. The number of benzene rings is 1. The fourth-order valence-electron chi connectivity index (χ4n) is 2.35. The molecular formula is C16H18FNO6. The van der Waals surface area contributed by atoms with Crippen molar-refractivity contribution in [2.24, 2.45) is 0 Å². The molecule has 1 aliphatic heterocycles. The van der Waals surface area contributed by atoms with E-state index in [0.29, 0.717) is 6.61 Å². The third-order valence-corrected chi connectivity index (χ3v) is 3.35. The van der Waals surface area contributed by atoms with Gasteiger partial charge >= 0.3 is 11.9 Å². The van der Waals surface area contributed by atoms with Gasteiger partial charge in [-0.15, -0.1) is 0 Å². The molecule has 0 atom stereocenters. The number of hydrogen-bond acceptors (Lipinski definition) is 7. The smallest absolute Gasteiger partial charge is 0.355 e. The van der Waals surface area contributed by atoms with Gasteiger partial charge < -0.3 is 23.8 Å². The van der Waals surface area contributed by atoms with Crippen molar-refractivity contribution in [1.29, 1.82) is 0 Å². The van der Waals surface area contributed by atoms with Crippen LogP contribution >= 0.6 is 0 Å². The minimum absolute atomic E-state index is 0.0131. The molecule has 0 aliphatic carbocycles. The van der Waals surface area contributed by atoms with Gasteiger partial charge in [-0.05, 0) is 19.1 Å². The van der Waals surface area contributed by atoms with Crippen molar-refractivity contribution in [3.8, 4) is 5.75 Å². The lowest BCUT2D eigenvalue weighted by Crippen LogP contribution is -2.39. The molecule has 1 aliphatic rings. The Labute approximate surface area is 138 Å². The van der Waals surface area contributed by atoms with E-state index in [1.807, 2.05) is 0 Å². The van der Waals surface area contributed by atoms with E-state index in [1.54, 1.807) is 13.0 Å².